The van der Waals surface area contributed by atoms with Gasteiger partial charge in [-0.15, -0.1) is 0 Å². The second-order valence-corrected chi connectivity index (χ2v) is 5.88. The summed E-state index contributed by atoms with van der Waals surface area (Å²) < 4.78 is 5.73. The van der Waals surface area contributed by atoms with Gasteiger partial charge in [-0.25, -0.2) is 0 Å². The molecule has 1 fully saturated rings. The lowest BCUT2D eigenvalue weighted by Crippen LogP contribution is -2.36. The number of ether oxygens (including phenoxy) is 1. The highest BCUT2D eigenvalue weighted by atomic mass is 16.5. The number of nitrogens with one attached hydrogen (secondary N) is 1. The van der Waals surface area contributed by atoms with Gasteiger partial charge in [-0.1, -0.05) is 31.2 Å². The van der Waals surface area contributed by atoms with Crippen molar-refractivity contribution in [3.63, 3.8) is 0 Å². The van der Waals surface area contributed by atoms with Gasteiger partial charge in [0.05, 0.1) is 6.10 Å². The third-order valence-corrected chi connectivity index (χ3v) is 4.19. The topological polar surface area (TPSA) is 24.5 Å². The molecule has 1 aromatic rings. The van der Waals surface area contributed by atoms with Crippen LogP contribution < -0.4 is 5.32 Å². The summed E-state index contributed by atoms with van der Waals surface area (Å²) in [6.07, 6.45) is 4.01. The van der Waals surface area contributed by atoms with Crippen molar-refractivity contribution in [2.45, 2.75) is 52.3 Å². The fraction of sp³-hybridized carbons (Fsp3) is 0.667. The molecule has 0 bridgehead atoms. The van der Waals surface area contributed by atoms with E-state index in [1.54, 1.807) is 0 Å². The van der Waals surface area contributed by atoms with Gasteiger partial charge in [0.25, 0.3) is 0 Å². The van der Waals surface area contributed by atoms with Crippen LogP contribution in [0.5, 0.6) is 0 Å². The van der Waals surface area contributed by atoms with E-state index in [1.807, 2.05) is 0 Å². The molecule has 1 aliphatic rings. The van der Waals surface area contributed by atoms with Crippen molar-refractivity contribution in [1.29, 1.82) is 0 Å². The zero-order valence-electron chi connectivity index (χ0n) is 13.6. The minimum atomic E-state index is 0.479. The number of likely N-dealkylation sites (tertiary alicyclic amines) is 1. The zero-order chi connectivity index (χ0) is 14.9. The van der Waals surface area contributed by atoms with Gasteiger partial charge >= 0.3 is 0 Å². The van der Waals surface area contributed by atoms with Gasteiger partial charge in [0.1, 0.15) is 0 Å². The Morgan fingerprint density at radius 1 is 1.14 bits per heavy atom. The lowest BCUT2D eigenvalue weighted by atomic mass is 10.0. The summed E-state index contributed by atoms with van der Waals surface area (Å²) in [6, 6.07) is 8.84. The van der Waals surface area contributed by atoms with E-state index in [0.717, 1.165) is 39.3 Å². The molecule has 0 amide bonds. The lowest BCUT2D eigenvalue weighted by Gasteiger charge is -2.32. The van der Waals surface area contributed by atoms with Crippen LogP contribution in [0.3, 0.4) is 0 Å². The van der Waals surface area contributed by atoms with Crippen LogP contribution in [-0.2, 0) is 17.8 Å². The smallest absolute Gasteiger partial charge is 0.0599 e. The maximum absolute atomic E-state index is 5.73. The van der Waals surface area contributed by atoms with Gasteiger partial charge in [-0.2, -0.15) is 0 Å². The molecule has 0 spiro atoms. The summed E-state index contributed by atoms with van der Waals surface area (Å²) in [5.74, 6) is 0. The predicted octanol–water partition coefficient (Wildman–Crippen LogP) is 3.19. The molecule has 3 nitrogen and oxygen atoms in total. The van der Waals surface area contributed by atoms with Gasteiger partial charge in [-0.3, -0.25) is 4.90 Å². The molecule has 1 N–H and O–H groups in total. The van der Waals surface area contributed by atoms with Gasteiger partial charge in [0.15, 0.2) is 0 Å². The maximum atomic E-state index is 5.73. The third kappa shape index (κ3) is 5.42. The maximum Gasteiger partial charge on any atom is 0.0599 e. The first-order valence-corrected chi connectivity index (χ1v) is 8.45. The molecule has 3 heteroatoms. The number of benzene rings is 1. The van der Waals surface area contributed by atoms with Crippen molar-refractivity contribution in [1.82, 2.24) is 10.2 Å². The van der Waals surface area contributed by atoms with Crippen LogP contribution >= 0.6 is 0 Å². The predicted molar refractivity (Wildman–Crippen MR) is 88.4 cm³/mol. The average Bonchev–Trinajstić information content (AvgIpc) is 2.51. The quantitative estimate of drug-likeness (QED) is 0.744. The minimum absolute atomic E-state index is 0.479. The average molecular weight is 290 g/mol. The van der Waals surface area contributed by atoms with Gasteiger partial charge < -0.3 is 10.1 Å². The monoisotopic (exact) mass is 290 g/mol. The molecular weight excluding hydrogens is 260 g/mol. The van der Waals surface area contributed by atoms with Crippen LogP contribution in [0.4, 0.5) is 0 Å². The van der Waals surface area contributed by atoms with E-state index < -0.39 is 0 Å². The normalized spacial score (nSPS) is 17.2. The second kappa shape index (κ2) is 9.19. The first kappa shape index (κ1) is 16.5. The third-order valence-electron chi connectivity index (χ3n) is 4.19. The molecule has 0 atom stereocenters. The van der Waals surface area contributed by atoms with Crippen LogP contribution in [0.15, 0.2) is 24.3 Å². The molecule has 0 aromatic heterocycles. The minimum Gasteiger partial charge on any atom is -0.378 e. The molecule has 1 heterocycles. The van der Waals surface area contributed by atoms with E-state index in [1.165, 1.54) is 30.4 Å². The summed E-state index contributed by atoms with van der Waals surface area (Å²) >= 11 is 0. The summed E-state index contributed by atoms with van der Waals surface area (Å²) in [5, 5.41) is 3.51. The molecule has 1 aromatic carbocycles. The van der Waals surface area contributed by atoms with Gasteiger partial charge in [0.2, 0.25) is 0 Å². The molecular formula is C18H30N2O. The Kier molecular flexibility index (Phi) is 7.20. The van der Waals surface area contributed by atoms with Crippen LogP contribution in [0.2, 0.25) is 0 Å². The Morgan fingerprint density at radius 2 is 1.86 bits per heavy atom. The molecule has 0 saturated carbocycles. The fourth-order valence-electron chi connectivity index (χ4n) is 2.99. The van der Waals surface area contributed by atoms with Crippen molar-refractivity contribution < 1.29 is 4.74 Å². The Labute approximate surface area is 129 Å². The van der Waals surface area contributed by atoms with E-state index >= 15 is 0 Å². The van der Waals surface area contributed by atoms with E-state index in [4.69, 9.17) is 4.74 Å². The van der Waals surface area contributed by atoms with Crippen molar-refractivity contribution in [2.24, 2.45) is 0 Å². The standard InChI is InChI=1S/C18H30N2O/c1-3-11-19-14-16-7-5-6-8-17(16)15-20-12-9-18(10-13-20)21-4-2/h5-8,18-19H,3-4,9-15H2,1-2H3. The molecule has 1 aliphatic heterocycles. The molecule has 1 saturated heterocycles. The second-order valence-electron chi connectivity index (χ2n) is 5.88. The Bertz CT molecular complexity index is 400. The first-order valence-electron chi connectivity index (χ1n) is 8.45. The summed E-state index contributed by atoms with van der Waals surface area (Å²) in [4.78, 5) is 2.56. The molecule has 0 aliphatic carbocycles. The molecule has 21 heavy (non-hydrogen) atoms. The van der Waals surface area contributed by atoms with E-state index in [-0.39, 0.29) is 0 Å². The van der Waals surface area contributed by atoms with Crippen LogP contribution in [0.25, 0.3) is 0 Å². The SMILES string of the molecule is CCCNCc1ccccc1CN1CCC(OCC)CC1. The highest BCUT2D eigenvalue weighted by Gasteiger charge is 2.19. The van der Waals surface area contributed by atoms with Crippen LogP contribution in [0, 0.1) is 0 Å². The van der Waals surface area contributed by atoms with Crippen molar-refractivity contribution >= 4 is 0 Å². The summed E-state index contributed by atoms with van der Waals surface area (Å²) in [7, 11) is 0. The lowest BCUT2D eigenvalue weighted by molar-refractivity contribution is 0.0125. The van der Waals surface area contributed by atoms with Crippen molar-refractivity contribution in [3.8, 4) is 0 Å². The summed E-state index contributed by atoms with van der Waals surface area (Å²) in [6.45, 7) is 10.6. The number of rotatable bonds is 8. The molecule has 0 unspecified atom stereocenters. The van der Waals surface area contributed by atoms with E-state index in [2.05, 4.69) is 48.3 Å². The number of nitrogens with zero attached hydrogens (tertiary/aromatic N) is 1. The molecule has 0 radical (unpaired) electrons. The van der Waals surface area contributed by atoms with E-state index in [0.29, 0.717) is 6.10 Å². The van der Waals surface area contributed by atoms with Gasteiger partial charge in [0, 0.05) is 32.8 Å². The number of piperidine rings is 1. The van der Waals surface area contributed by atoms with Crippen molar-refractivity contribution in [3.05, 3.63) is 35.4 Å². The highest BCUT2D eigenvalue weighted by Crippen LogP contribution is 2.18. The van der Waals surface area contributed by atoms with E-state index in [9.17, 15) is 0 Å². The summed E-state index contributed by atoms with van der Waals surface area (Å²) in [5.41, 5.74) is 2.91. The van der Waals surface area contributed by atoms with Crippen molar-refractivity contribution in [2.75, 3.05) is 26.2 Å². The van der Waals surface area contributed by atoms with Crippen LogP contribution in [0.1, 0.15) is 44.2 Å². The largest absolute Gasteiger partial charge is 0.378 e. The zero-order valence-corrected chi connectivity index (χ0v) is 13.6. The molecule has 2 rings (SSSR count). The Hall–Kier alpha value is -0.900. The molecule has 118 valence electrons. The highest BCUT2D eigenvalue weighted by molar-refractivity contribution is 5.27. The first-order chi connectivity index (χ1) is 10.3. The Morgan fingerprint density at radius 3 is 2.52 bits per heavy atom. The number of hydrogen-bond donors (Lipinski definition) is 1. The Balaban J connectivity index is 1.85. The van der Waals surface area contributed by atoms with Crippen LogP contribution in [-0.4, -0.2) is 37.2 Å². The number of hydrogen-bond acceptors (Lipinski definition) is 3. The van der Waals surface area contributed by atoms with Gasteiger partial charge in [-0.05, 0) is 43.9 Å². The fourth-order valence-corrected chi connectivity index (χ4v) is 2.99.